The minimum Gasteiger partial charge on any atom is -0.367 e. The third-order valence-electron chi connectivity index (χ3n) is 2.19. The van der Waals surface area contributed by atoms with E-state index in [4.69, 9.17) is 0 Å². The number of rotatable bonds is 2. The zero-order valence-electron chi connectivity index (χ0n) is 8.74. The standard InChI is InChI=1S/C12H9BrN2O2/c13-9-3-1-2-4-10(9)15-12(17)8-7-14-6-5-11(8)16/h1-7H,(H,14,16)(H,15,17). The van der Waals surface area contributed by atoms with Crippen molar-refractivity contribution in [3.05, 3.63) is 63.0 Å². The summed E-state index contributed by atoms with van der Waals surface area (Å²) >= 11 is 3.32. The molecule has 1 aromatic heterocycles. The van der Waals surface area contributed by atoms with Crippen molar-refractivity contribution in [2.24, 2.45) is 0 Å². The van der Waals surface area contributed by atoms with Crippen LogP contribution in [0.15, 0.2) is 52.0 Å². The lowest BCUT2D eigenvalue weighted by atomic mass is 10.2. The van der Waals surface area contributed by atoms with Crippen molar-refractivity contribution in [1.29, 1.82) is 0 Å². The molecule has 0 atom stereocenters. The Morgan fingerprint density at radius 3 is 2.71 bits per heavy atom. The zero-order chi connectivity index (χ0) is 12.3. The quantitative estimate of drug-likeness (QED) is 0.893. The number of pyridine rings is 1. The van der Waals surface area contributed by atoms with Gasteiger partial charge in [0.25, 0.3) is 5.91 Å². The highest BCUT2D eigenvalue weighted by atomic mass is 79.9. The molecule has 86 valence electrons. The summed E-state index contributed by atoms with van der Waals surface area (Å²) in [4.78, 5) is 26.0. The lowest BCUT2D eigenvalue weighted by molar-refractivity contribution is 0.102. The van der Waals surface area contributed by atoms with Crippen molar-refractivity contribution in [1.82, 2.24) is 4.98 Å². The molecule has 2 N–H and O–H groups in total. The van der Waals surface area contributed by atoms with Gasteiger partial charge in [-0.3, -0.25) is 9.59 Å². The summed E-state index contributed by atoms with van der Waals surface area (Å²) < 4.78 is 0.765. The first-order chi connectivity index (χ1) is 8.18. The molecule has 0 aliphatic heterocycles. The number of carbonyl (C=O) groups excluding carboxylic acids is 1. The highest BCUT2D eigenvalue weighted by Gasteiger charge is 2.10. The number of H-pyrrole nitrogens is 1. The summed E-state index contributed by atoms with van der Waals surface area (Å²) in [6.07, 6.45) is 2.87. The van der Waals surface area contributed by atoms with E-state index in [2.05, 4.69) is 26.2 Å². The minimum atomic E-state index is -0.432. The fraction of sp³-hybridized carbons (Fsp3) is 0. The Bertz CT molecular complexity index is 607. The van der Waals surface area contributed by atoms with Gasteiger partial charge < -0.3 is 10.3 Å². The molecular formula is C12H9BrN2O2. The Balaban J connectivity index is 2.27. The van der Waals surface area contributed by atoms with Gasteiger partial charge in [-0.05, 0) is 28.1 Å². The number of hydrogen-bond donors (Lipinski definition) is 2. The molecular weight excluding hydrogens is 284 g/mol. The van der Waals surface area contributed by atoms with E-state index in [1.807, 2.05) is 12.1 Å². The van der Waals surface area contributed by atoms with Crippen LogP contribution < -0.4 is 10.7 Å². The maximum Gasteiger partial charge on any atom is 0.261 e. The number of benzene rings is 1. The minimum absolute atomic E-state index is 0.0863. The van der Waals surface area contributed by atoms with Crippen LogP contribution in [0, 0.1) is 0 Å². The summed E-state index contributed by atoms with van der Waals surface area (Å²) in [5, 5.41) is 2.66. The van der Waals surface area contributed by atoms with Crippen molar-refractivity contribution < 1.29 is 4.79 Å². The molecule has 1 heterocycles. The largest absolute Gasteiger partial charge is 0.367 e. The Labute approximate surface area is 106 Å². The predicted octanol–water partition coefficient (Wildman–Crippen LogP) is 2.39. The summed E-state index contributed by atoms with van der Waals surface area (Å²) in [6.45, 7) is 0. The predicted molar refractivity (Wildman–Crippen MR) is 69.2 cm³/mol. The average Bonchev–Trinajstić information content (AvgIpc) is 2.32. The first kappa shape index (κ1) is 11.6. The van der Waals surface area contributed by atoms with Crippen molar-refractivity contribution in [2.75, 3.05) is 5.32 Å². The number of aromatic nitrogens is 1. The SMILES string of the molecule is O=C(Nc1ccccc1Br)c1c[nH]ccc1=O. The van der Waals surface area contributed by atoms with Crippen LogP contribution >= 0.6 is 15.9 Å². The molecule has 17 heavy (non-hydrogen) atoms. The molecule has 0 saturated heterocycles. The van der Waals surface area contributed by atoms with Crippen molar-refractivity contribution in [2.45, 2.75) is 0 Å². The zero-order valence-corrected chi connectivity index (χ0v) is 10.3. The molecule has 0 aliphatic rings. The van der Waals surface area contributed by atoms with Crippen LogP contribution in [0.4, 0.5) is 5.69 Å². The topological polar surface area (TPSA) is 62.0 Å². The summed E-state index contributed by atoms with van der Waals surface area (Å²) in [7, 11) is 0. The number of anilines is 1. The van der Waals surface area contributed by atoms with Gasteiger partial charge in [0, 0.05) is 22.9 Å². The normalized spacial score (nSPS) is 9.94. The molecule has 0 spiro atoms. The molecule has 0 saturated carbocycles. The van der Waals surface area contributed by atoms with E-state index < -0.39 is 5.91 Å². The number of aromatic amines is 1. The molecule has 0 radical (unpaired) electrons. The van der Waals surface area contributed by atoms with E-state index in [1.165, 1.54) is 18.5 Å². The van der Waals surface area contributed by atoms with Gasteiger partial charge in [0.1, 0.15) is 5.56 Å². The lowest BCUT2D eigenvalue weighted by Gasteiger charge is -2.06. The molecule has 4 nitrogen and oxygen atoms in total. The second kappa shape index (κ2) is 4.97. The highest BCUT2D eigenvalue weighted by molar-refractivity contribution is 9.10. The molecule has 2 rings (SSSR count). The van der Waals surface area contributed by atoms with Gasteiger partial charge in [0.15, 0.2) is 5.43 Å². The summed E-state index contributed by atoms with van der Waals surface area (Å²) in [6, 6.07) is 8.52. The smallest absolute Gasteiger partial charge is 0.261 e. The maximum absolute atomic E-state index is 11.8. The van der Waals surface area contributed by atoms with E-state index in [0.29, 0.717) is 5.69 Å². The first-order valence-electron chi connectivity index (χ1n) is 4.91. The Morgan fingerprint density at radius 2 is 2.00 bits per heavy atom. The van der Waals surface area contributed by atoms with E-state index >= 15 is 0 Å². The van der Waals surface area contributed by atoms with Gasteiger partial charge in [0.05, 0.1) is 5.69 Å². The molecule has 1 amide bonds. The number of hydrogen-bond acceptors (Lipinski definition) is 2. The fourth-order valence-corrected chi connectivity index (χ4v) is 1.73. The van der Waals surface area contributed by atoms with Gasteiger partial charge in [-0.2, -0.15) is 0 Å². The second-order valence-electron chi connectivity index (χ2n) is 3.36. The Morgan fingerprint density at radius 1 is 1.24 bits per heavy atom. The van der Waals surface area contributed by atoms with Gasteiger partial charge >= 0.3 is 0 Å². The second-order valence-corrected chi connectivity index (χ2v) is 4.21. The van der Waals surface area contributed by atoms with E-state index in [9.17, 15) is 9.59 Å². The van der Waals surface area contributed by atoms with Gasteiger partial charge in [0.2, 0.25) is 0 Å². The van der Waals surface area contributed by atoms with Gasteiger partial charge in [-0.25, -0.2) is 0 Å². The molecule has 0 bridgehead atoms. The van der Waals surface area contributed by atoms with Crippen molar-refractivity contribution in [3.63, 3.8) is 0 Å². The number of carbonyl (C=O) groups is 1. The Kier molecular flexibility index (Phi) is 3.39. The van der Waals surface area contributed by atoms with Crippen LogP contribution in [-0.2, 0) is 0 Å². The number of amides is 1. The molecule has 0 unspecified atom stereocenters. The number of halogens is 1. The van der Waals surface area contributed by atoms with E-state index in [-0.39, 0.29) is 11.0 Å². The van der Waals surface area contributed by atoms with Crippen LogP contribution in [0.5, 0.6) is 0 Å². The van der Waals surface area contributed by atoms with Crippen LogP contribution in [0.2, 0.25) is 0 Å². The Hall–Kier alpha value is -1.88. The highest BCUT2D eigenvalue weighted by Crippen LogP contribution is 2.21. The third-order valence-corrected chi connectivity index (χ3v) is 2.88. The molecule has 1 aromatic carbocycles. The van der Waals surface area contributed by atoms with Crippen LogP contribution in [0.25, 0.3) is 0 Å². The van der Waals surface area contributed by atoms with Crippen molar-refractivity contribution in [3.8, 4) is 0 Å². The maximum atomic E-state index is 11.8. The number of para-hydroxylation sites is 1. The molecule has 0 aliphatic carbocycles. The van der Waals surface area contributed by atoms with Crippen molar-refractivity contribution >= 4 is 27.5 Å². The average molecular weight is 293 g/mol. The van der Waals surface area contributed by atoms with Gasteiger partial charge in [-0.1, -0.05) is 12.1 Å². The van der Waals surface area contributed by atoms with Crippen LogP contribution in [-0.4, -0.2) is 10.9 Å². The fourth-order valence-electron chi connectivity index (χ4n) is 1.35. The molecule has 5 heteroatoms. The summed E-state index contributed by atoms with van der Waals surface area (Å²) in [5.74, 6) is -0.432. The van der Waals surface area contributed by atoms with Crippen LogP contribution in [0.1, 0.15) is 10.4 Å². The van der Waals surface area contributed by atoms with E-state index in [0.717, 1.165) is 4.47 Å². The monoisotopic (exact) mass is 292 g/mol. The third kappa shape index (κ3) is 2.62. The molecule has 0 fully saturated rings. The lowest BCUT2D eigenvalue weighted by Crippen LogP contribution is -2.20. The first-order valence-corrected chi connectivity index (χ1v) is 5.71. The van der Waals surface area contributed by atoms with E-state index in [1.54, 1.807) is 12.1 Å². The summed E-state index contributed by atoms with van der Waals surface area (Å²) in [5.41, 5.74) is 0.400. The number of nitrogens with one attached hydrogen (secondary N) is 2. The molecule has 2 aromatic rings. The van der Waals surface area contributed by atoms with Gasteiger partial charge in [-0.15, -0.1) is 0 Å². The van der Waals surface area contributed by atoms with Crippen LogP contribution in [0.3, 0.4) is 0 Å².